The fraction of sp³-hybridized carbons (Fsp3) is 0.676. The minimum atomic E-state index is -4.53. The molecule has 9 atom stereocenters. The number of nitrogens with zero attached hydrogens (tertiary/aromatic N) is 6. The topological polar surface area (TPSA) is 318 Å². The largest absolute Gasteiger partial charge is 0.455 e. The van der Waals surface area contributed by atoms with Crippen LogP contribution in [-0.2, 0) is 59.2 Å². The number of nitrogens with one attached hydrogen (secondary N) is 2. The molecule has 0 aromatic carbocycles. The van der Waals surface area contributed by atoms with E-state index >= 15 is 0 Å². The molecule has 0 bridgehead atoms. The molecule has 0 saturated carbocycles. The molecule has 27 heteroatoms. The number of imidazole rings is 2. The third kappa shape index (κ3) is 10.4. The van der Waals surface area contributed by atoms with Gasteiger partial charge in [-0.15, -0.1) is 0 Å². The van der Waals surface area contributed by atoms with Gasteiger partial charge in [-0.25, -0.2) is 14.5 Å². The van der Waals surface area contributed by atoms with Gasteiger partial charge in [0, 0.05) is 6.42 Å². The third-order valence-electron chi connectivity index (χ3n) is 10.7. The molecule has 3 aliphatic rings. The fourth-order valence-corrected chi connectivity index (χ4v) is 10.6. The Morgan fingerprint density at radius 3 is 2.20 bits per heavy atom. The van der Waals surface area contributed by atoms with E-state index in [4.69, 9.17) is 55.6 Å². The van der Waals surface area contributed by atoms with E-state index in [0.717, 1.165) is 36.6 Å². The molecular weight excluding hydrogens is 883 g/mol. The second-order valence-corrected chi connectivity index (χ2v) is 20.8. The summed E-state index contributed by atoms with van der Waals surface area (Å²) < 4.78 is 57.9. The van der Waals surface area contributed by atoms with Crippen LogP contribution in [0.5, 0.6) is 0 Å². The van der Waals surface area contributed by atoms with Crippen molar-refractivity contribution in [1.82, 2.24) is 39.0 Å². The zero-order chi connectivity index (χ0) is 43.5. The lowest BCUT2D eigenvalue weighted by molar-refractivity contribution is -0.158. The van der Waals surface area contributed by atoms with Crippen molar-refractivity contribution in [1.29, 1.82) is 0 Å². The number of aromatic amines is 2. The maximum atomic E-state index is 14.0. The van der Waals surface area contributed by atoms with Crippen LogP contribution in [0.2, 0.25) is 0 Å². The minimum Gasteiger partial charge on any atom is -0.455 e. The van der Waals surface area contributed by atoms with Gasteiger partial charge in [-0.2, -0.15) is 9.97 Å². The maximum Gasteiger partial charge on any atom is 0.386 e. The van der Waals surface area contributed by atoms with E-state index in [0.29, 0.717) is 6.42 Å². The second-order valence-electron chi connectivity index (χ2n) is 15.2. The van der Waals surface area contributed by atoms with Crippen molar-refractivity contribution in [2.45, 2.75) is 126 Å². The van der Waals surface area contributed by atoms with Crippen molar-refractivity contribution in [3.05, 3.63) is 33.4 Å². The number of esters is 1. The average Bonchev–Trinajstić information content (AvgIpc) is 3.96. The third-order valence-corrected chi connectivity index (χ3v) is 13.9. The Labute approximate surface area is 358 Å². The van der Waals surface area contributed by atoms with Crippen LogP contribution in [0.1, 0.15) is 90.2 Å². The van der Waals surface area contributed by atoms with Gasteiger partial charge in [-0.3, -0.25) is 47.1 Å². The standard InChI is InChI=1S/C34H50N10O13P2S2/c1-2-3-4-5-6-7-8-9-10-11-12-13-21(45)55-25-24-19(54-31(25)43-17-37-22-27(43)39-32(35)41-29(22)46)14-52-59(50,61)57-26-20(15-53-58(49,60)56-24)51-16-34(26,48)44-18-38-23-28(44)40-33(36)42-30(23)47/h17-20,24-26,31,48H,2-16H2,1H3,(H,49,60)(H,50,61)(H3,35,39,41,46)(H3,36,40,42,47)/t19-,20-,24?,25?,26?,31-,34?,58?,59?/m1/s1. The van der Waals surface area contributed by atoms with Gasteiger partial charge in [0.25, 0.3) is 11.1 Å². The molecule has 0 amide bonds. The highest BCUT2D eigenvalue weighted by Gasteiger charge is 2.57. The first-order valence-electron chi connectivity index (χ1n) is 20.0. The Hall–Kier alpha value is -3.32. The van der Waals surface area contributed by atoms with E-state index in [-0.39, 0.29) is 40.6 Å². The van der Waals surface area contributed by atoms with Crippen LogP contribution in [0.15, 0.2) is 22.2 Å². The van der Waals surface area contributed by atoms with Gasteiger partial charge in [0.2, 0.25) is 11.9 Å². The number of rotatable bonds is 15. The number of aliphatic hydroxyl groups is 1. The number of ether oxygens (including phenoxy) is 3. The van der Waals surface area contributed by atoms with E-state index in [1.807, 2.05) is 0 Å². The lowest BCUT2D eigenvalue weighted by atomic mass is 10.1. The molecule has 23 nitrogen and oxygen atoms in total. The van der Waals surface area contributed by atoms with Gasteiger partial charge in [0.15, 0.2) is 40.4 Å². The van der Waals surface area contributed by atoms with E-state index in [9.17, 15) is 28.9 Å². The van der Waals surface area contributed by atoms with Crippen LogP contribution in [-0.4, -0.2) is 105 Å². The molecule has 3 fully saturated rings. The van der Waals surface area contributed by atoms with Crippen LogP contribution < -0.4 is 22.6 Å². The Kier molecular flexibility index (Phi) is 14.4. The van der Waals surface area contributed by atoms with E-state index in [2.05, 4.69) is 49.1 Å². The average molecular weight is 933 g/mol. The molecule has 6 unspecified atom stereocenters. The molecule has 61 heavy (non-hydrogen) atoms. The van der Waals surface area contributed by atoms with Gasteiger partial charge >= 0.3 is 19.5 Å². The number of unbranched alkanes of at least 4 members (excludes halogenated alkanes) is 10. The quantitative estimate of drug-likeness (QED) is 0.0390. The van der Waals surface area contributed by atoms with Crippen molar-refractivity contribution in [2.24, 2.45) is 0 Å². The summed E-state index contributed by atoms with van der Waals surface area (Å²) in [6.45, 7) is -8.49. The number of nitrogens with two attached hydrogens (primary N) is 2. The summed E-state index contributed by atoms with van der Waals surface area (Å²) in [5, 5.41) is 12.1. The second kappa shape index (κ2) is 19.2. The summed E-state index contributed by atoms with van der Waals surface area (Å²) in [5.74, 6) is -1.13. The van der Waals surface area contributed by atoms with Gasteiger partial charge in [-0.05, 0) is 18.2 Å². The number of hydrogen-bond acceptors (Lipinski definition) is 19. The molecule has 8 N–H and O–H groups in total. The number of nitrogen functional groups attached to an aromatic ring is 2. The normalized spacial score (nSPS) is 30.8. The van der Waals surface area contributed by atoms with Crippen molar-refractivity contribution in [3.63, 3.8) is 0 Å². The molecule has 336 valence electrons. The number of fused-ring (bicyclic) bond motifs is 4. The number of carbonyl (C=O) groups excluding carboxylic acids is 1. The summed E-state index contributed by atoms with van der Waals surface area (Å²) in [6.07, 6.45) is 5.74. The summed E-state index contributed by atoms with van der Waals surface area (Å²) >= 11 is 9.63. The number of thiol groups is 1. The van der Waals surface area contributed by atoms with Crippen molar-refractivity contribution in [3.8, 4) is 0 Å². The van der Waals surface area contributed by atoms with Crippen LogP contribution in [0, 0.1) is 0 Å². The molecule has 0 spiro atoms. The first-order chi connectivity index (χ1) is 29.1. The molecule has 4 aromatic heterocycles. The van der Waals surface area contributed by atoms with Crippen LogP contribution in [0.4, 0.5) is 11.9 Å². The number of aromatic nitrogens is 8. The van der Waals surface area contributed by atoms with Gasteiger partial charge in [0.1, 0.15) is 24.4 Å². The fourth-order valence-electron chi connectivity index (χ4n) is 7.69. The Balaban J connectivity index is 1.11. The Morgan fingerprint density at radius 2 is 1.52 bits per heavy atom. The lowest BCUT2D eigenvalue weighted by Crippen LogP contribution is -2.48. The van der Waals surface area contributed by atoms with Gasteiger partial charge in [0.05, 0.1) is 32.5 Å². The summed E-state index contributed by atoms with van der Waals surface area (Å²) in [6, 6.07) is 0. The summed E-state index contributed by atoms with van der Waals surface area (Å²) in [4.78, 5) is 71.5. The van der Waals surface area contributed by atoms with Crippen LogP contribution in [0.3, 0.4) is 0 Å². The SMILES string of the molecule is CCCCCCCCCCCCCC(=O)OC1C2OP(O)(=S)OC[C@H]3OCC(O)(n4cnc5c(=O)[nH]c(N)nc54)C3OP(=O)(S)OC[C@H]2O[C@H]1n1cnc2c(=O)[nH]c(N)nc21. The summed E-state index contributed by atoms with van der Waals surface area (Å²) in [7, 11) is 0. The van der Waals surface area contributed by atoms with Gasteiger partial charge < -0.3 is 40.2 Å². The zero-order valence-corrected chi connectivity index (χ0v) is 36.7. The molecule has 0 aliphatic carbocycles. The van der Waals surface area contributed by atoms with Crippen molar-refractivity contribution >= 4 is 77.8 Å². The molecule has 3 aliphatic heterocycles. The molecule has 7 rings (SSSR count). The Bertz CT molecular complexity index is 2420. The molecule has 7 heterocycles. The van der Waals surface area contributed by atoms with Crippen molar-refractivity contribution in [2.75, 3.05) is 31.3 Å². The maximum absolute atomic E-state index is 14.0. The number of anilines is 2. The zero-order valence-electron chi connectivity index (χ0n) is 33.2. The van der Waals surface area contributed by atoms with Gasteiger partial charge in [-0.1, -0.05) is 83.4 Å². The Morgan fingerprint density at radius 1 is 0.934 bits per heavy atom. The first kappa shape index (κ1) is 45.7. The van der Waals surface area contributed by atoms with Crippen molar-refractivity contribution < 1.29 is 51.7 Å². The predicted octanol–water partition coefficient (Wildman–Crippen LogP) is 3.04. The van der Waals surface area contributed by atoms with E-state index < -0.39 is 92.9 Å². The highest BCUT2D eigenvalue weighted by atomic mass is 32.7. The molecule has 4 aromatic rings. The predicted molar refractivity (Wildman–Crippen MR) is 225 cm³/mol. The minimum absolute atomic E-state index is 0.0340. The van der Waals surface area contributed by atoms with Crippen LogP contribution in [0.25, 0.3) is 22.3 Å². The molecule has 0 radical (unpaired) electrons. The molecule has 3 saturated heterocycles. The first-order valence-corrected chi connectivity index (χ1v) is 25.3. The van der Waals surface area contributed by atoms with Crippen LogP contribution >= 0.6 is 25.8 Å². The van der Waals surface area contributed by atoms with E-state index in [1.54, 1.807) is 0 Å². The highest BCUT2D eigenvalue weighted by Crippen LogP contribution is 2.59. The summed E-state index contributed by atoms with van der Waals surface area (Å²) in [5.41, 5.74) is 7.54. The van der Waals surface area contributed by atoms with E-state index in [1.165, 1.54) is 49.4 Å². The number of H-pyrrole nitrogens is 2. The number of carbonyl (C=O) groups is 1. The number of hydrogen-bond donors (Lipinski definition) is 7. The lowest BCUT2D eigenvalue weighted by Gasteiger charge is -2.34. The molecular formula is C34H50N10O13P2S2. The highest BCUT2D eigenvalue weighted by molar-refractivity contribution is 8.44. The monoisotopic (exact) mass is 932 g/mol. The smallest absolute Gasteiger partial charge is 0.386 e.